The van der Waals surface area contributed by atoms with E-state index >= 15 is 0 Å². The van der Waals surface area contributed by atoms with Crippen LogP contribution in [0.25, 0.3) is 0 Å². The van der Waals surface area contributed by atoms with Gasteiger partial charge in [0, 0.05) is 5.56 Å². The van der Waals surface area contributed by atoms with Crippen molar-refractivity contribution in [1.29, 1.82) is 0 Å². The minimum absolute atomic E-state index is 0.000253. The Morgan fingerprint density at radius 1 is 1.37 bits per heavy atom. The van der Waals surface area contributed by atoms with Gasteiger partial charge in [-0.2, -0.15) is 0 Å². The van der Waals surface area contributed by atoms with Gasteiger partial charge in [0.05, 0.1) is 13.1 Å². The van der Waals surface area contributed by atoms with E-state index in [-0.39, 0.29) is 30.2 Å². The Labute approximate surface area is 113 Å². The second-order valence-corrected chi connectivity index (χ2v) is 6.00. The molecule has 102 valence electrons. The summed E-state index contributed by atoms with van der Waals surface area (Å²) in [6.45, 7) is 6.34. The number of aliphatic hydroxyl groups is 1. The summed E-state index contributed by atoms with van der Waals surface area (Å²) in [6, 6.07) is 7.44. The molecule has 1 N–H and O–H groups in total. The van der Waals surface area contributed by atoms with Crippen molar-refractivity contribution < 1.29 is 14.7 Å². The molecule has 1 aliphatic heterocycles. The van der Waals surface area contributed by atoms with Crippen LogP contribution >= 0.6 is 0 Å². The Morgan fingerprint density at radius 2 is 2.05 bits per heavy atom. The Hall–Kier alpha value is -1.68. The first-order chi connectivity index (χ1) is 8.79. The lowest BCUT2D eigenvalue weighted by Crippen LogP contribution is -2.29. The number of carbonyl (C=O) groups is 2. The predicted octanol–water partition coefficient (Wildman–Crippen LogP) is 1.37. The van der Waals surface area contributed by atoms with Gasteiger partial charge in [-0.25, -0.2) is 0 Å². The summed E-state index contributed by atoms with van der Waals surface area (Å²) < 4.78 is 0. The zero-order valence-electron chi connectivity index (χ0n) is 11.5. The topological polar surface area (TPSA) is 57.6 Å². The van der Waals surface area contributed by atoms with Crippen LogP contribution in [0.3, 0.4) is 0 Å². The molecule has 1 unspecified atom stereocenters. The molecule has 4 heteroatoms. The third kappa shape index (κ3) is 2.84. The van der Waals surface area contributed by atoms with Gasteiger partial charge in [-0.15, -0.1) is 0 Å². The molecule has 1 amide bonds. The fraction of sp³-hybridized carbons (Fsp3) is 0.467. The van der Waals surface area contributed by atoms with Crippen molar-refractivity contribution in [2.24, 2.45) is 0 Å². The molecule has 0 saturated carbocycles. The first-order valence-electron chi connectivity index (χ1n) is 6.39. The smallest absolute Gasteiger partial charge is 0.254 e. The quantitative estimate of drug-likeness (QED) is 0.830. The molecule has 0 spiro atoms. The standard InChI is InChI=1S/C15H19NO3/c1-15(2,3)11-6-4-5-10(7-11)14(19)16-8-12(17)13(18)9-16/h4-7,12,17H,8-9H2,1-3H3. The van der Waals surface area contributed by atoms with Crippen molar-refractivity contribution in [3.05, 3.63) is 35.4 Å². The van der Waals surface area contributed by atoms with Gasteiger partial charge in [-0.3, -0.25) is 9.59 Å². The summed E-state index contributed by atoms with van der Waals surface area (Å²) >= 11 is 0. The van der Waals surface area contributed by atoms with E-state index in [1.165, 1.54) is 4.90 Å². The molecule has 1 aliphatic rings. The number of β-amino-alcohol motifs (C(OH)–C–C–N with tert-alkyl or cyclic N) is 1. The normalized spacial score (nSPS) is 19.9. The van der Waals surface area contributed by atoms with Gasteiger partial charge in [-0.05, 0) is 23.1 Å². The summed E-state index contributed by atoms with van der Waals surface area (Å²) in [6.07, 6.45) is -1.03. The van der Waals surface area contributed by atoms with E-state index < -0.39 is 6.10 Å². The maximum Gasteiger partial charge on any atom is 0.254 e. The summed E-state index contributed by atoms with van der Waals surface area (Å²) in [4.78, 5) is 25.0. The average Bonchev–Trinajstić information content (AvgIpc) is 2.68. The van der Waals surface area contributed by atoms with Crippen LogP contribution in [-0.4, -0.2) is 40.9 Å². The van der Waals surface area contributed by atoms with Crippen LogP contribution in [0.1, 0.15) is 36.7 Å². The molecule has 1 atom stereocenters. The fourth-order valence-corrected chi connectivity index (χ4v) is 2.12. The zero-order chi connectivity index (χ0) is 14.2. The molecule has 1 aromatic carbocycles. The number of likely N-dealkylation sites (tertiary alicyclic amines) is 1. The van der Waals surface area contributed by atoms with E-state index in [2.05, 4.69) is 20.8 Å². The highest BCUT2D eigenvalue weighted by Crippen LogP contribution is 2.23. The van der Waals surface area contributed by atoms with E-state index in [9.17, 15) is 14.7 Å². The third-order valence-corrected chi connectivity index (χ3v) is 3.37. The number of rotatable bonds is 1. The van der Waals surface area contributed by atoms with Gasteiger partial charge < -0.3 is 10.0 Å². The average molecular weight is 261 g/mol. The number of nitrogens with zero attached hydrogens (tertiary/aromatic N) is 1. The third-order valence-electron chi connectivity index (χ3n) is 3.37. The lowest BCUT2D eigenvalue weighted by molar-refractivity contribution is -0.123. The van der Waals surface area contributed by atoms with Crippen molar-refractivity contribution in [1.82, 2.24) is 4.90 Å². The molecule has 0 aliphatic carbocycles. The van der Waals surface area contributed by atoms with Gasteiger partial charge >= 0.3 is 0 Å². The highest BCUT2D eigenvalue weighted by atomic mass is 16.3. The molecule has 4 nitrogen and oxygen atoms in total. The number of carbonyl (C=O) groups excluding carboxylic acids is 2. The molecule has 1 heterocycles. The Bertz CT molecular complexity index is 516. The lowest BCUT2D eigenvalue weighted by atomic mass is 9.86. The minimum atomic E-state index is -1.03. The number of amides is 1. The Balaban J connectivity index is 2.23. The Kier molecular flexibility index (Phi) is 3.45. The van der Waals surface area contributed by atoms with Gasteiger partial charge in [0.2, 0.25) is 0 Å². The van der Waals surface area contributed by atoms with Crippen LogP contribution < -0.4 is 0 Å². The molecule has 0 bridgehead atoms. The molecular formula is C15H19NO3. The van der Waals surface area contributed by atoms with Crippen molar-refractivity contribution in [2.45, 2.75) is 32.3 Å². The van der Waals surface area contributed by atoms with Crippen molar-refractivity contribution >= 4 is 11.7 Å². The number of ketones is 1. The highest BCUT2D eigenvalue weighted by Gasteiger charge is 2.32. The first-order valence-corrected chi connectivity index (χ1v) is 6.39. The monoisotopic (exact) mass is 261 g/mol. The van der Waals surface area contributed by atoms with Crippen LogP contribution in [0.4, 0.5) is 0 Å². The zero-order valence-corrected chi connectivity index (χ0v) is 11.5. The van der Waals surface area contributed by atoms with E-state index in [0.29, 0.717) is 5.56 Å². The predicted molar refractivity (Wildman–Crippen MR) is 72.1 cm³/mol. The molecule has 2 rings (SSSR count). The van der Waals surface area contributed by atoms with Crippen LogP contribution in [0.15, 0.2) is 24.3 Å². The molecule has 0 radical (unpaired) electrons. The van der Waals surface area contributed by atoms with E-state index in [1.54, 1.807) is 6.07 Å². The number of hydrogen-bond donors (Lipinski definition) is 1. The van der Waals surface area contributed by atoms with Gasteiger partial charge in [-0.1, -0.05) is 32.9 Å². The van der Waals surface area contributed by atoms with Gasteiger partial charge in [0.25, 0.3) is 5.91 Å². The Morgan fingerprint density at radius 3 is 2.58 bits per heavy atom. The molecular weight excluding hydrogens is 242 g/mol. The molecule has 1 fully saturated rings. The fourth-order valence-electron chi connectivity index (χ4n) is 2.12. The van der Waals surface area contributed by atoms with E-state index in [4.69, 9.17) is 0 Å². The maximum atomic E-state index is 12.3. The molecule has 1 aromatic rings. The maximum absolute atomic E-state index is 12.3. The second-order valence-electron chi connectivity index (χ2n) is 6.00. The van der Waals surface area contributed by atoms with E-state index in [0.717, 1.165) is 5.56 Å². The summed E-state index contributed by atoms with van der Waals surface area (Å²) in [7, 11) is 0. The molecule has 19 heavy (non-hydrogen) atoms. The second kappa shape index (κ2) is 4.78. The van der Waals surface area contributed by atoms with Crippen LogP contribution in [0, 0.1) is 0 Å². The van der Waals surface area contributed by atoms with Gasteiger partial charge in [0.15, 0.2) is 5.78 Å². The SMILES string of the molecule is CC(C)(C)c1cccc(C(=O)N2CC(=O)C(O)C2)c1. The van der Waals surface area contributed by atoms with Crippen LogP contribution in [0.5, 0.6) is 0 Å². The van der Waals surface area contributed by atoms with Crippen LogP contribution in [0.2, 0.25) is 0 Å². The van der Waals surface area contributed by atoms with Gasteiger partial charge in [0.1, 0.15) is 6.10 Å². The summed E-state index contributed by atoms with van der Waals surface area (Å²) in [5.41, 5.74) is 1.61. The largest absolute Gasteiger partial charge is 0.383 e. The minimum Gasteiger partial charge on any atom is -0.383 e. The van der Waals surface area contributed by atoms with E-state index in [1.807, 2.05) is 18.2 Å². The molecule has 0 aromatic heterocycles. The summed E-state index contributed by atoms with van der Waals surface area (Å²) in [5.74, 6) is -0.490. The number of hydrogen-bond acceptors (Lipinski definition) is 3. The number of aliphatic hydroxyl groups excluding tert-OH is 1. The molecule has 1 saturated heterocycles. The number of benzene rings is 1. The van der Waals surface area contributed by atoms with Crippen molar-refractivity contribution in [3.63, 3.8) is 0 Å². The lowest BCUT2D eigenvalue weighted by Gasteiger charge is -2.21. The van der Waals surface area contributed by atoms with Crippen molar-refractivity contribution in [2.75, 3.05) is 13.1 Å². The highest BCUT2D eigenvalue weighted by molar-refractivity contribution is 6.00. The first kappa shape index (κ1) is 13.7. The summed E-state index contributed by atoms with van der Waals surface area (Å²) in [5, 5.41) is 9.40. The van der Waals surface area contributed by atoms with Crippen LogP contribution in [-0.2, 0) is 10.2 Å². The van der Waals surface area contributed by atoms with Crippen molar-refractivity contribution in [3.8, 4) is 0 Å². The number of Topliss-reactive ketones (excluding diaryl/α,β-unsaturated/α-hetero) is 1.